The summed E-state index contributed by atoms with van der Waals surface area (Å²) < 4.78 is 0. The highest BCUT2D eigenvalue weighted by Gasteiger charge is 1.98. The van der Waals surface area contributed by atoms with Gasteiger partial charge in [-0.25, -0.2) is 0 Å². The fourth-order valence-electron chi connectivity index (χ4n) is 0.167. The average molecular weight is 114 g/mol. The maximum Gasteiger partial charge on any atom is 0.409 e. The number of hydrogen-bond donors (Lipinski definition) is 1. The van der Waals surface area contributed by atoms with E-state index in [1.54, 1.807) is 14.1 Å². The Hall–Kier alpha value is -1.24. The number of rotatable bonds is 1. The first-order chi connectivity index (χ1) is 3.68. The van der Waals surface area contributed by atoms with Gasteiger partial charge < -0.3 is 10.0 Å². The summed E-state index contributed by atoms with van der Waals surface area (Å²) in [6.45, 7) is 0. The highest BCUT2D eigenvalue weighted by atomic mass is 16.3. The van der Waals surface area contributed by atoms with Crippen LogP contribution in [0.3, 0.4) is 0 Å². The summed E-state index contributed by atoms with van der Waals surface area (Å²) in [6.07, 6.45) is 0.944. The maximum atomic E-state index is 8.66. The minimum Gasteiger partial charge on any atom is -0.489 e. The molecule has 0 saturated carbocycles. The van der Waals surface area contributed by atoms with E-state index in [4.69, 9.17) is 10.5 Å². The molecule has 0 aliphatic carbocycles. The summed E-state index contributed by atoms with van der Waals surface area (Å²) in [5.74, 6) is -0.0764. The summed E-state index contributed by atoms with van der Waals surface area (Å²) in [5.41, 5.74) is 0. The van der Waals surface area contributed by atoms with Crippen molar-refractivity contribution in [2.45, 2.75) is 0 Å². The molecule has 0 atom stereocenters. The minimum atomic E-state index is -0.0764. The highest BCUT2D eigenvalue weighted by Crippen LogP contribution is 1.90. The summed E-state index contributed by atoms with van der Waals surface area (Å²) in [5, 5.41) is 16.5. The van der Waals surface area contributed by atoms with E-state index in [2.05, 4.69) is 4.98 Å². The molecule has 4 nitrogen and oxygen atoms in total. The quantitative estimate of drug-likeness (QED) is 0.404. The molecule has 0 saturated heterocycles. The van der Waals surface area contributed by atoms with Gasteiger partial charge in [-0.05, 0) is 0 Å². The molecular weight excluding hydrogens is 106 g/mol. The van der Waals surface area contributed by atoms with Crippen molar-refractivity contribution >= 4 is 0 Å². The second-order valence-electron chi connectivity index (χ2n) is 1.50. The van der Waals surface area contributed by atoms with Crippen molar-refractivity contribution in [3.05, 3.63) is 17.1 Å². The van der Waals surface area contributed by atoms with Gasteiger partial charge in [0.25, 0.3) is 5.88 Å². The van der Waals surface area contributed by atoms with Crippen LogP contribution in [-0.4, -0.2) is 24.1 Å². The monoisotopic (exact) mass is 114 g/mol. The molecule has 0 unspecified atom stereocenters. The Morgan fingerprint density at radius 2 is 2.25 bits per heavy atom. The van der Waals surface area contributed by atoms with Crippen molar-refractivity contribution in [3.8, 4) is 0 Å². The Balaban J connectivity index is 3.85. The molecule has 0 amide bonds. The first kappa shape index (κ1) is 6.76. The molecule has 4 heteroatoms. The molecule has 0 aliphatic rings. The molecule has 0 aromatic rings. The molecular formula is C4H8N3O+. The molecule has 44 valence electrons. The van der Waals surface area contributed by atoms with Crippen LogP contribution >= 0.6 is 0 Å². The van der Waals surface area contributed by atoms with E-state index < -0.39 is 0 Å². The standard InChI is InChI=1S/C4H7N3O/c1-7(2)4(8)3-6-5/h3H,1-2H3/p+1/b4-3-. The zero-order chi connectivity index (χ0) is 6.57. The van der Waals surface area contributed by atoms with Gasteiger partial charge in [-0.2, -0.15) is 0 Å². The highest BCUT2D eigenvalue weighted by molar-refractivity contribution is 4.92. The van der Waals surface area contributed by atoms with Crippen molar-refractivity contribution < 1.29 is 5.11 Å². The van der Waals surface area contributed by atoms with Crippen LogP contribution in [0.1, 0.15) is 0 Å². The van der Waals surface area contributed by atoms with Gasteiger partial charge in [0.2, 0.25) is 5.39 Å². The van der Waals surface area contributed by atoms with Crippen LogP contribution in [0.25, 0.3) is 4.98 Å². The molecule has 0 bridgehead atoms. The van der Waals surface area contributed by atoms with Crippen LogP contribution < -0.4 is 0 Å². The van der Waals surface area contributed by atoms with E-state index in [-0.39, 0.29) is 5.88 Å². The van der Waals surface area contributed by atoms with Crippen LogP contribution in [0.4, 0.5) is 0 Å². The van der Waals surface area contributed by atoms with Crippen molar-refractivity contribution in [2.75, 3.05) is 14.1 Å². The smallest absolute Gasteiger partial charge is 0.409 e. The zero-order valence-electron chi connectivity index (χ0n) is 4.87. The van der Waals surface area contributed by atoms with Gasteiger partial charge in [0.1, 0.15) is 0 Å². The summed E-state index contributed by atoms with van der Waals surface area (Å²) in [7, 11) is 3.27. The SMILES string of the molecule is CN(C)/C(O)=C/[N+]#N. The van der Waals surface area contributed by atoms with E-state index in [1.165, 1.54) is 4.90 Å². The van der Waals surface area contributed by atoms with Crippen molar-refractivity contribution in [1.82, 2.24) is 4.90 Å². The third kappa shape index (κ3) is 2.03. The molecule has 0 spiro atoms. The Morgan fingerprint density at radius 1 is 1.75 bits per heavy atom. The van der Waals surface area contributed by atoms with Gasteiger partial charge in [-0.1, -0.05) is 0 Å². The topological polar surface area (TPSA) is 51.6 Å². The molecule has 1 N–H and O–H groups in total. The number of hydrogen-bond acceptors (Lipinski definition) is 3. The Morgan fingerprint density at radius 3 is 2.38 bits per heavy atom. The lowest BCUT2D eigenvalue weighted by Crippen LogP contribution is -2.09. The fourth-order valence-corrected chi connectivity index (χ4v) is 0.167. The van der Waals surface area contributed by atoms with Gasteiger partial charge in [0.15, 0.2) is 4.98 Å². The lowest BCUT2D eigenvalue weighted by atomic mass is 10.7. The van der Waals surface area contributed by atoms with Crippen LogP contribution in [0.5, 0.6) is 0 Å². The number of nitrogens with zero attached hydrogens (tertiary/aromatic N) is 3. The molecule has 0 aromatic heterocycles. The number of aliphatic hydroxyl groups excluding tert-OH is 1. The second-order valence-corrected chi connectivity index (χ2v) is 1.50. The molecule has 0 aromatic carbocycles. The summed E-state index contributed by atoms with van der Waals surface area (Å²) in [6, 6.07) is 0. The Kier molecular flexibility index (Phi) is 2.41. The first-order valence-corrected chi connectivity index (χ1v) is 2.09. The first-order valence-electron chi connectivity index (χ1n) is 2.09. The van der Waals surface area contributed by atoms with Gasteiger partial charge in [-0.15, -0.1) is 0 Å². The zero-order valence-corrected chi connectivity index (χ0v) is 4.87. The third-order valence-electron chi connectivity index (χ3n) is 0.631. The van der Waals surface area contributed by atoms with Gasteiger partial charge in [0, 0.05) is 14.1 Å². The van der Waals surface area contributed by atoms with Gasteiger partial charge >= 0.3 is 6.20 Å². The lowest BCUT2D eigenvalue weighted by Gasteiger charge is -2.03. The predicted molar refractivity (Wildman–Crippen MR) is 29.5 cm³/mol. The van der Waals surface area contributed by atoms with Gasteiger partial charge in [-0.3, -0.25) is 0 Å². The molecule has 0 rings (SSSR count). The van der Waals surface area contributed by atoms with Crippen LogP contribution in [-0.2, 0) is 0 Å². The third-order valence-corrected chi connectivity index (χ3v) is 0.631. The molecule has 0 radical (unpaired) electrons. The average Bonchev–Trinajstić information content (AvgIpc) is 1.67. The number of diazo groups is 1. The van der Waals surface area contributed by atoms with Crippen molar-refractivity contribution in [2.24, 2.45) is 0 Å². The van der Waals surface area contributed by atoms with E-state index in [0.29, 0.717) is 0 Å². The maximum absolute atomic E-state index is 8.66. The van der Waals surface area contributed by atoms with E-state index in [0.717, 1.165) is 6.20 Å². The minimum absolute atomic E-state index is 0.0764. The molecule has 8 heavy (non-hydrogen) atoms. The fraction of sp³-hybridized carbons (Fsp3) is 0.500. The molecule has 0 fully saturated rings. The van der Waals surface area contributed by atoms with Crippen LogP contribution in [0.2, 0.25) is 0 Å². The van der Waals surface area contributed by atoms with Crippen molar-refractivity contribution in [1.29, 1.82) is 5.39 Å². The van der Waals surface area contributed by atoms with E-state index in [9.17, 15) is 0 Å². The number of aliphatic hydroxyl groups is 1. The Labute approximate surface area is 47.7 Å². The van der Waals surface area contributed by atoms with Crippen molar-refractivity contribution in [3.63, 3.8) is 0 Å². The lowest BCUT2D eigenvalue weighted by molar-refractivity contribution is 0.264. The predicted octanol–water partition coefficient (Wildman–Crippen LogP) is 0.758. The summed E-state index contributed by atoms with van der Waals surface area (Å²) >= 11 is 0. The van der Waals surface area contributed by atoms with Crippen LogP contribution in [0.15, 0.2) is 12.1 Å². The van der Waals surface area contributed by atoms with E-state index >= 15 is 0 Å². The second kappa shape index (κ2) is 2.86. The van der Waals surface area contributed by atoms with Crippen LogP contribution in [0, 0.1) is 5.39 Å². The van der Waals surface area contributed by atoms with E-state index in [1.807, 2.05) is 0 Å². The molecule has 0 heterocycles. The normalized spacial score (nSPS) is 10.4. The Bertz CT molecular complexity index is 133. The summed E-state index contributed by atoms with van der Waals surface area (Å²) in [4.78, 5) is 4.02. The molecule has 0 aliphatic heterocycles. The van der Waals surface area contributed by atoms with Gasteiger partial charge in [0.05, 0.1) is 0 Å². The largest absolute Gasteiger partial charge is 0.489 e.